The summed E-state index contributed by atoms with van der Waals surface area (Å²) in [5.74, 6) is 0.903. The second-order valence-electron chi connectivity index (χ2n) is 4.92. The van der Waals surface area contributed by atoms with Crippen molar-refractivity contribution in [3.8, 4) is 0 Å². The predicted octanol–water partition coefficient (Wildman–Crippen LogP) is 3.15. The quantitative estimate of drug-likeness (QED) is 0.383. The second-order valence-corrected chi connectivity index (χ2v) is 5.96. The summed E-state index contributed by atoms with van der Waals surface area (Å²) in [6.45, 7) is 13.4. The molecule has 0 fully saturated rings. The highest BCUT2D eigenvalue weighted by Gasteiger charge is 2.06. The van der Waals surface area contributed by atoms with Gasteiger partial charge in [0.2, 0.25) is 0 Å². The van der Waals surface area contributed by atoms with E-state index in [1.807, 2.05) is 0 Å². The normalized spacial score (nSPS) is 11.6. The van der Waals surface area contributed by atoms with E-state index in [1.165, 1.54) is 4.88 Å². The van der Waals surface area contributed by atoms with Crippen molar-refractivity contribution in [1.29, 1.82) is 0 Å². The van der Waals surface area contributed by atoms with Crippen LogP contribution in [-0.4, -0.2) is 43.1 Å². The van der Waals surface area contributed by atoms with Gasteiger partial charge in [0.05, 0.1) is 6.54 Å². The SMILES string of the molecule is CCNC(=NCc1cccs1)NCCN(CC)C(C)C.I. The van der Waals surface area contributed by atoms with Gasteiger partial charge in [-0.3, -0.25) is 4.90 Å². The van der Waals surface area contributed by atoms with Gasteiger partial charge in [0.25, 0.3) is 0 Å². The Hall–Kier alpha value is -0.340. The molecule has 4 nitrogen and oxygen atoms in total. The van der Waals surface area contributed by atoms with Gasteiger partial charge in [-0.05, 0) is 38.8 Å². The van der Waals surface area contributed by atoms with Crippen LogP contribution in [0.25, 0.3) is 0 Å². The fraction of sp³-hybridized carbons (Fsp3) is 0.667. The maximum absolute atomic E-state index is 4.61. The largest absolute Gasteiger partial charge is 0.357 e. The molecule has 0 bridgehead atoms. The molecule has 1 aromatic heterocycles. The first-order chi connectivity index (χ1) is 9.67. The summed E-state index contributed by atoms with van der Waals surface area (Å²) in [6.07, 6.45) is 0. The first-order valence-electron chi connectivity index (χ1n) is 7.46. The number of hydrogen-bond donors (Lipinski definition) is 2. The molecule has 0 amide bonds. The number of likely N-dealkylation sites (N-methyl/N-ethyl adjacent to an activating group) is 1. The van der Waals surface area contributed by atoms with Crippen LogP contribution in [-0.2, 0) is 6.54 Å². The molecule has 21 heavy (non-hydrogen) atoms. The lowest BCUT2D eigenvalue weighted by Gasteiger charge is -2.25. The molecule has 0 spiro atoms. The fourth-order valence-corrected chi connectivity index (χ4v) is 2.63. The molecule has 1 aromatic rings. The van der Waals surface area contributed by atoms with E-state index < -0.39 is 0 Å². The molecule has 0 atom stereocenters. The number of nitrogens with one attached hydrogen (secondary N) is 2. The maximum Gasteiger partial charge on any atom is 0.191 e. The van der Waals surface area contributed by atoms with E-state index in [1.54, 1.807) is 11.3 Å². The van der Waals surface area contributed by atoms with Crippen LogP contribution in [0.3, 0.4) is 0 Å². The van der Waals surface area contributed by atoms with Crippen molar-refractivity contribution in [3.05, 3.63) is 22.4 Å². The third-order valence-electron chi connectivity index (χ3n) is 3.15. The van der Waals surface area contributed by atoms with E-state index in [4.69, 9.17) is 0 Å². The van der Waals surface area contributed by atoms with Crippen LogP contribution in [0.15, 0.2) is 22.5 Å². The van der Waals surface area contributed by atoms with Crippen molar-refractivity contribution < 1.29 is 0 Å². The number of hydrogen-bond acceptors (Lipinski definition) is 3. The molecule has 0 aliphatic rings. The van der Waals surface area contributed by atoms with Crippen molar-refractivity contribution in [2.75, 3.05) is 26.2 Å². The molecule has 1 heterocycles. The average Bonchev–Trinajstić information content (AvgIpc) is 2.93. The summed E-state index contributed by atoms with van der Waals surface area (Å²) in [5, 5.41) is 8.79. The molecule has 0 aliphatic carbocycles. The summed E-state index contributed by atoms with van der Waals surface area (Å²) < 4.78 is 0. The zero-order valence-corrected chi connectivity index (χ0v) is 16.7. The van der Waals surface area contributed by atoms with Gasteiger partial charge in [-0.15, -0.1) is 35.3 Å². The minimum Gasteiger partial charge on any atom is -0.357 e. The Morgan fingerprint density at radius 2 is 2.10 bits per heavy atom. The van der Waals surface area contributed by atoms with Gasteiger partial charge >= 0.3 is 0 Å². The van der Waals surface area contributed by atoms with E-state index in [2.05, 4.69) is 65.7 Å². The van der Waals surface area contributed by atoms with Gasteiger partial charge in [-0.25, -0.2) is 4.99 Å². The van der Waals surface area contributed by atoms with Crippen LogP contribution in [0, 0.1) is 0 Å². The minimum atomic E-state index is 0. The van der Waals surface area contributed by atoms with Crippen molar-refractivity contribution in [3.63, 3.8) is 0 Å². The molecule has 2 N–H and O–H groups in total. The minimum absolute atomic E-state index is 0. The Morgan fingerprint density at radius 3 is 2.62 bits per heavy atom. The lowest BCUT2D eigenvalue weighted by atomic mass is 10.3. The monoisotopic (exact) mass is 424 g/mol. The van der Waals surface area contributed by atoms with Crippen molar-refractivity contribution in [2.24, 2.45) is 4.99 Å². The summed E-state index contributed by atoms with van der Waals surface area (Å²) in [4.78, 5) is 8.34. The zero-order valence-electron chi connectivity index (χ0n) is 13.6. The Labute approximate surface area is 150 Å². The summed E-state index contributed by atoms with van der Waals surface area (Å²) >= 11 is 1.75. The molecule has 122 valence electrons. The van der Waals surface area contributed by atoms with E-state index in [0.717, 1.165) is 38.7 Å². The smallest absolute Gasteiger partial charge is 0.191 e. The molecule has 0 aliphatic heterocycles. The molecular formula is C15H29IN4S. The summed E-state index contributed by atoms with van der Waals surface area (Å²) in [6, 6.07) is 4.78. The van der Waals surface area contributed by atoms with Crippen LogP contribution in [0.1, 0.15) is 32.6 Å². The van der Waals surface area contributed by atoms with Crippen LogP contribution in [0.5, 0.6) is 0 Å². The lowest BCUT2D eigenvalue weighted by Crippen LogP contribution is -2.43. The van der Waals surface area contributed by atoms with Gasteiger partial charge in [-0.2, -0.15) is 0 Å². The molecule has 0 radical (unpaired) electrons. The van der Waals surface area contributed by atoms with Crippen molar-refractivity contribution >= 4 is 41.3 Å². The third kappa shape index (κ3) is 8.63. The van der Waals surface area contributed by atoms with Crippen molar-refractivity contribution in [2.45, 2.75) is 40.3 Å². The van der Waals surface area contributed by atoms with E-state index in [-0.39, 0.29) is 24.0 Å². The van der Waals surface area contributed by atoms with E-state index in [0.29, 0.717) is 6.04 Å². The molecule has 1 rings (SSSR count). The van der Waals surface area contributed by atoms with Gasteiger partial charge in [0.1, 0.15) is 0 Å². The summed E-state index contributed by atoms with van der Waals surface area (Å²) in [7, 11) is 0. The third-order valence-corrected chi connectivity index (χ3v) is 4.01. The lowest BCUT2D eigenvalue weighted by molar-refractivity contribution is 0.237. The number of rotatable bonds is 8. The van der Waals surface area contributed by atoms with Gasteiger partial charge in [0.15, 0.2) is 5.96 Å². The van der Waals surface area contributed by atoms with E-state index >= 15 is 0 Å². The highest BCUT2D eigenvalue weighted by atomic mass is 127. The average molecular weight is 424 g/mol. The Kier molecular flexibility index (Phi) is 12.0. The molecule has 6 heteroatoms. The Bertz CT molecular complexity index is 379. The van der Waals surface area contributed by atoms with Crippen LogP contribution < -0.4 is 10.6 Å². The molecule has 0 aromatic carbocycles. The molecule has 0 unspecified atom stereocenters. The highest BCUT2D eigenvalue weighted by molar-refractivity contribution is 14.0. The molecular weight excluding hydrogens is 395 g/mol. The zero-order chi connectivity index (χ0) is 14.8. The fourth-order valence-electron chi connectivity index (χ4n) is 2.00. The predicted molar refractivity (Wildman–Crippen MR) is 105 cm³/mol. The Balaban J connectivity index is 0.00000400. The van der Waals surface area contributed by atoms with Gasteiger partial charge in [-0.1, -0.05) is 13.0 Å². The number of thiophene rings is 1. The van der Waals surface area contributed by atoms with Crippen LogP contribution in [0.2, 0.25) is 0 Å². The Morgan fingerprint density at radius 1 is 1.33 bits per heavy atom. The standard InChI is InChI=1S/C15H28N4S.HI/c1-5-16-15(18-12-14-8-7-11-20-14)17-9-10-19(6-2)13(3)4;/h7-8,11,13H,5-6,9-10,12H2,1-4H3,(H2,16,17,18);1H. The number of halogens is 1. The topological polar surface area (TPSA) is 39.7 Å². The number of guanidine groups is 1. The van der Waals surface area contributed by atoms with Crippen LogP contribution >= 0.6 is 35.3 Å². The van der Waals surface area contributed by atoms with Gasteiger partial charge < -0.3 is 10.6 Å². The second kappa shape index (κ2) is 12.2. The van der Waals surface area contributed by atoms with Crippen LogP contribution in [0.4, 0.5) is 0 Å². The van der Waals surface area contributed by atoms with E-state index in [9.17, 15) is 0 Å². The summed E-state index contributed by atoms with van der Waals surface area (Å²) in [5.41, 5.74) is 0. The molecule has 0 saturated heterocycles. The first-order valence-corrected chi connectivity index (χ1v) is 8.33. The highest BCUT2D eigenvalue weighted by Crippen LogP contribution is 2.09. The maximum atomic E-state index is 4.61. The van der Waals surface area contributed by atoms with Crippen molar-refractivity contribution in [1.82, 2.24) is 15.5 Å². The molecule has 0 saturated carbocycles. The number of aliphatic imine (C=N–C) groups is 1. The van der Waals surface area contributed by atoms with Gasteiger partial charge in [0, 0.05) is 30.6 Å². The first kappa shape index (κ1) is 20.7. The number of nitrogens with zero attached hydrogens (tertiary/aromatic N) is 2.